The lowest BCUT2D eigenvalue weighted by Gasteiger charge is -2.10. The standard InChI is InChI=1S/C14H16N4O/c1-9-7-11(3-4-13(9)18-15)14(19)17-12-5-6-16-8-10(12)2/h3-8,18H,15H2,1-2H3,(H,16,17,19). The van der Waals surface area contributed by atoms with Crippen LogP contribution in [0.2, 0.25) is 0 Å². The summed E-state index contributed by atoms with van der Waals surface area (Å²) in [4.78, 5) is 16.1. The predicted octanol–water partition coefficient (Wildman–Crippen LogP) is 2.24. The first-order valence-electron chi connectivity index (χ1n) is 5.91. The molecule has 0 radical (unpaired) electrons. The van der Waals surface area contributed by atoms with Gasteiger partial charge in [-0.05, 0) is 49.2 Å². The van der Waals surface area contributed by atoms with Crippen LogP contribution in [0, 0.1) is 13.8 Å². The van der Waals surface area contributed by atoms with E-state index in [1.165, 1.54) is 0 Å². The fourth-order valence-electron chi connectivity index (χ4n) is 1.77. The quantitative estimate of drug-likeness (QED) is 0.581. The highest BCUT2D eigenvalue weighted by Crippen LogP contribution is 2.17. The number of aromatic nitrogens is 1. The van der Waals surface area contributed by atoms with Crippen LogP contribution in [0.25, 0.3) is 0 Å². The molecule has 0 saturated carbocycles. The number of pyridine rings is 1. The average molecular weight is 256 g/mol. The monoisotopic (exact) mass is 256 g/mol. The maximum Gasteiger partial charge on any atom is 0.255 e. The number of benzene rings is 1. The molecule has 0 spiro atoms. The van der Waals surface area contributed by atoms with Crippen molar-refractivity contribution in [2.45, 2.75) is 13.8 Å². The van der Waals surface area contributed by atoms with E-state index in [1.54, 1.807) is 36.7 Å². The third-order valence-corrected chi connectivity index (χ3v) is 2.91. The number of nitrogen functional groups attached to an aromatic ring is 1. The Morgan fingerprint density at radius 2 is 1.95 bits per heavy atom. The maximum atomic E-state index is 12.1. The first kappa shape index (κ1) is 13.0. The number of anilines is 2. The Morgan fingerprint density at radius 3 is 2.58 bits per heavy atom. The van der Waals surface area contributed by atoms with E-state index in [2.05, 4.69) is 15.7 Å². The van der Waals surface area contributed by atoms with Crippen LogP contribution >= 0.6 is 0 Å². The van der Waals surface area contributed by atoms with Crippen molar-refractivity contribution in [1.29, 1.82) is 0 Å². The highest BCUT2D eigenvalue weighted by atomic mass is 16.1. The van der Waals surface area contributed by atoms with Gasteiger partial charge < -0.3 is 10.7 Å². The zero-order valence-electron chi connectivity index (χ0n) is 10.9. The van der Waals surface area contributed by atoms with Gasteiger partial charge in [0.15, 0.2) is 0 Å². The van der Waals surface area contributed by atoms with E-state index in [-0.39, 0.29) is 5.91 Å². The Bertz CT molecular complexity index is 610. The topological polar surface area (TPSA) is 80.0 Å². The molecule has 5 nitrogen and oxygen atoms in total. The molecule has 0 atom stereocenters. The SMILES string of the molecule is Cc1cc(C(=O)Nc2ccncc2C)ccc1NN. The predicted molar refractivity (Wildman–Crippen MR) is 75.9 cm³/mol. The molecule has 0 saturated heterocycles. The minimum atomic E-state index is -0.152. The molecule has 1 aromatic carbocycles. The van der Waals surface area contributed by atoms with E-state index in [0.29, 0.717) is 5.56 Å². The number of rotatable bonds is 3. The molecule has 0 aliphatic carbocycles. The summed E-state index contributed by atoms with van der Waals surface area (Å²) < 4.78 is 0. The van der Waals surface area contributed by atoms with Gasteiger partial charge in [0.2, 0.25) is 0 Å². The van der Waals surface area contributed by atoms with Crippen LogP contribution in [0.15, 0.2) is 36.7 Å². The Hall–Kier alpha value is -2.40. The molecule has 0 unspecified atom stereocenters. The molecule has 0 aliphatic heterocycles. The van der Waals surface area contributed by atoms with E-state index in [4.69, 9.17) is 5.84 Å². The van der Waals surface area contributed by atoms with Crippen LogP contribution in [0.1, 0.15) is 21.5 Å². The minimum absolute atomic E-state index is 0.152. The molecule has 2 aromatic rings. The number of carbonyl (C=O) groups is 1. The molecule has 0 aliphatic rings. The number of amides is 1. The van der Waals surface area contributed by atoms with E-state index in [9.17, 15) is 4.79 Å². The van der Waals surface area contributed by atoms with Crippen molar-refractivity contribution in [3.8, 4) is 0 Å². The van der Waals surface area contributed by atoms with Gasteiger partial charge in [0.1, 0.15) is 0 Å². The lowest BCUT2D eigenvalue weighted by atomic mass is 10.1. The second-order valence-electron chi connectivity index (χ2n) is 4.32. The van der Waals surface area contributed by atoms with Crippen molar-refractivity contribution in [3.05, 3.63) is 53.3 Å². The summed E-state index contributed by atoms with van der Waals surface area (Å²) in [7, 11) is 0. The molecule has 0 fully saturated rings. The number of nitrogens with zero attached hydrogens (tertiary/aromatic N) is 1. The van der Waals surface area contributed by atoms with Crippen LogP contribution in [0.5, 0.6) is 0 Å². The number of nitrogens with two attached hydrogens (primary N) is 1. The van der Waals surface area contributed by atoms with Crippen molar-refractivity contribution in [1.82, 2.24) is 4.98 Å². The first-order chi connectivity index (χ1) is 9.11. The number of hydrogen-bond acceptors (Lipinski definition) is 4. The Labute approximate surface area is 111 Å². The highest BCUT2D eigenvalue weighted by molar-refractivity contribution is 6.05. The van der Waals surface area contributed by atoms with E-state index in [1.807, 2.05) is 13.8 Å². The number of hydrazine groups is 1. The van der Waals surface area contributed by atoms with Crippen LogP contribution in [-0.2, 0) is 0 Å². The Kier molecular flexibility index (Phi) is 3.77. The van der Waals surface area contributed by atoms with Gasteiger partial charge in [-0.3, -0.25) is 15.6 Å². The molecular formula is C14H16N4O. The van der Waals surface area contributed by atoms with Crippen LogP contribution in [0.3, 0.4) is 0 Å². The van der Waals surface area contributed by atoms with Crippen molar-refractivity contribution >= 4 is 17.3 Å². The van der Waals surface area contributed by atoms with Crippen LogP contribution in [-0.4, -0.2) is 10.9 Å². The van der Waals surface area contributed by atoms with Crippen molar-refractivity contribution < 1.29 is 4.79 Å². The van der Waals surface area contributed by atoms with Crippen LogP contribution in [0.4, 0.5) is 11.4 Å². The van der Waals surface area contributed by atoms with E-state index in [0.717, 1.165) is 22.5 Å². The summed E-state index contributed by atoms with van der Waals surface area (Å²) in [5.74, 6) is 5.21. The normalized spacial score (nSPS) is 10.1. The third kappa shape index (κ3) is 2.89. The van der Waals surface area contributed by atoms with Crippen molar-refractivity contribution in [2.75, 3.05) is 10.7 Å². The summed E-state index contributed by atoms with van der Waals surface area (Å²) in [6, 6.07) is 7.08. The van der Waals surface area contributed by atoms with E-state index < -0.39 is 0 Å². The second-order valence-corrected chi connectivity index (χ2v) is 4.32. The summed E-state index contributed by atoms with van der Waals surface area (Å²) in [6.07, 6.45) is 3.36. The fourth-order valence-corrected chi connectivity index (χ4v) is 1.77. The largest absolute Gasteiger partial charge is 0.324 e. The maximum absolute atomic E-state index is 12.1. The molecular weight excluding hydrogens is 240 g/mol. The van der Waals surface area contributed by atoms with Gasteiger partial charge in [0, 0.05) is 23.6 Å². The lowest BCUT2D eigenvalue weighted by Crippen LogP contribution is -2.14. The molecule has 2 rings (SSSR count). The zero-order valence-corrected chi connectivity index (χ0v) is 10.9. The summed E-state index contributed by atoms with van der Waals surface area (Å²) >= 11 is 0. The van der Waals surface area contributed by atoms with E-state index >= 15 is 0 Å². The average Bonchev–Trinajstić information content (AvgIpc) is 2.41. The molecule has 0 bridgehead atoms. The molecule has 1 aromatic heterocycles. The number of aryl methyl sites for hydroxylation is 2. The van der Waals surface area contributed by atoms with Gasteiger partial charge in [-0.25, -0.2) is 0 Å². The molecule has 4 N–H and O–H groups in total. The van der Waals surface area contributed by atoms with Gasteiger partial charge in [0.05, 0.1) is 5.69 Å². The van der Waals surface area contributed by atoms with Gasteiger partial charge >= 0.3 is 0 Å². The van der Waals surface area contributed by atoms with Gasteiger partial charge in [-0.2, -0.15) is 0 Å². The summed E-state index contributed by atoms with van der Waals surface area (Å²) in [6.45, 7) is 3.79. The molecule has 98 valence electrons. The second kappa shape index (κ2) is 5.49. The molecule has 5 heteroatoms. The highest BCUT2D eigenvalue weighted by Gasteiger charge is 2.09. The molecule has 1 heterocycles. The Morgan fingerprint density at radius 1 is 1.16 bits per heavy atom. The Balaban J connectivity index is 2.21. The summed E-state index contributed by atoms with van der Waals surface area (Å²) in [5, 5.41) is 2.86. The number of hydrogen-bond donors (Lipinski definition) is 3. The van der Waals surface area contributed by atoms with Gasteiger partial charge in [0.25, 0.3) is 5.91 Å². The van der Waals surface area contributed by atoms with Crippen molar-refractivity contribution in [2.24, 2.45) is 5.84 Å². The molecule has 1 amide bonds. The van der Waals surface area contributed by atoms with Gasteiger partial charge in [-0.1, -0.05) is 0 Å². The van der Waals surface area contributed by atoms with Crippen LogP contribution < -0.4 is 16.6 Å². The third-order valence-electron chi connectivity index (χ3n) is 2.91. The number of nitrogens with one attached hydrogen (secondary N) is 2. The fraction of sp³-hybridized carbons (Fsp3) is 0.143. The smallest absolute Gasteiger partial charge is 0.255 e. The molecule has 19 heavy (non-hydrogen) atoms. The minimum Gasteiger partial charge on any atom is -0.324 e. The lowest BCUT2D eigenvalue weighted by molar-refractivity contribution is 0.102. The summed E-state index contributed by atoms with van der Waals surface area (Å²) in [5.41, 5.74) is 6.58. The van der Waals surface area contributed by atoms with Gasteiger partial charge in [-0.15, -0.1) is 0 Å². The van der Waals surface area contributed by atoms with Crippen molar-refractivity contribution in [3.63, 3.8) is 0 Å². The number of carbonyl (C=O) groups excluding carboxylic acids is 1. The first-order valence-corrected chi connectivity index (χ1v) is 5.91. The zero-order chi connectivity index (χ0) is 13.8.